The van der Waals surface area contributed by atoms with E-state index in [-0.39, 0.29) is 5.69 Å². The minimum atomic E-state index is -0.434. The fraction of sp³-hybridized carbons (Fsp3) is 0. The molecule has 1 heterocycles. The van der Waals surface area contributed by atoms with Crippen LogP contribution in [0, 0.1) is 10.1 Å². The van der Waals surface area contributed by atoms with Gasteiger partial charge in [-0.15, -0.1) is 0 Å². The van der Waals surface area contributed by atoms with E-state index in [0.29, 0.717) is 5.69 Å². The van der Waals surface area contributed by atoms with Gasteiger partial charge in [-0.25, -0.2) is 0 Å². The highest BCUT2D eigenvalue weighted by molar-refractivity contribution is 5.81. The van der Waals surface area contributed by atoms with Gasteiger partial charge in [0.15, 0.2) is 0 Å². The lowest BCUT2D eigenvalue weighted by molar-refractivity contribution is -0.384. The standard InChI is InChI=1S/C12H9N3O2/c16-15(17)12-3-1-11(2-4-12)14-9-10-5-7-13-8-6-10/h1-9H. The molecule has 1 aromatic heterocycles. The number of rotatable bonds is 3. The molecule has 0 aliphatic rings. The number of hydrogen-bond acceptors (Lipinski definition) is 4. The first-order valence-electron chi connectivity index (χ1n) is 4.94. The fourth-order valence-electron chi connectivity index (χ4n) is 1.26. The first kappa shape index (κ1) is 10.9. The van der Waals surface area contributed by atoms with E-state index in [1.54, 1.807) is 30.7 Å². The van der Waals surface area contributed by atoms with Gasteiger partial charge in [0.05, 0.1) is 10.6 Å². The van der Waals surface area contributed by atoms with Crippen molar-refractivity contribution in [3.63, 3.8) is 0 Å². The van der Waals surface area contributed by atoms with Crippen LogP contribution in [-0.2, 0) is 0 Å². The Morgan fingerprint density at radius 2 is 1.76 bits per heavy atom. The molecule has 84 valence electrons. The maximum Gasteiger partial charge on any atom is 0.269 e. The van der Waals surface area contributed by atoms with Crippen LogP contribution in [-0.4, -0.2) is 16.1 Å². The van der Waals surface area contributed by atoms with Crippen molar-refractivity contribution in [3.05, 3.63) is 64.5 Å². The summed E-state index contributed by atoms with van der Waals surface area (Å²) in [6, 6.07) is 9.73. The second-order valence-corrected chi connectivity index (χ2v) is 3.31. The normalized spacial score (nSPS) is 10.6. The summed E-state index contributed by atoms with van der Waals surface area (Å²) in [6.45, 7) is 0. The van der Waals surface area contributed by atoms with E-state index in [9.17, 15) is 10.1 Å². The number of non-ortho nitro benzene ring substituents is 1. The highest BCUT2D eigenvalue weighted by Gasteiger charge is 2.02. The van der Waals surface area contributed by atoms with Crippen molar-refractivity contribution < 1.29 is 4.92 Å². The third kappa shape index (κ3) is 2.94. The molecule has 0 amide bonds. The minimum Gasteiger partial charge on any atom is -0.265 e. The van der Waals surface area contributed by atoms with Crippen molar-refractivity contribution >= 4 is 17.6 Å². The van der Waals surface area contributed by atoms with Crippen molar-refractivity contribution in [2.24, 2.45) is 4.99 Å². The molecule has 0 atom stereocenters. The minimum absolute atomic E-state index is 0.0628. The zero-order valence-electron chi connectivity index (χ0n) is 8.85. The molecule has 5 nitrogen and oxygen atoms in total. The van der Waals surface area contributed by atoms with Crippen LogP contribution >= 0.6 is 0 Å². The van der Waals surface area contributed by atoms with Crippen LogP contribution in [0.4, 0.5) is 11.4 Å². The van der Waals surface area contributed by atoms with Crippen LogP contribution in [0.5, 0.6) is 0 Å². The predicted octanol–water partition coefficient (Wildman–Crippen LogP) is 2.74. The Morgan fingerprint density at radius 3 is 2.35 bits per heavy atom. The van der Waals surface area contributed by atoms with Gasteiger partial charge in [0.1, 0.15) is 0 Å². The molecule has 0 aliphatic carbocycles. The molecule has 0 spiro atoms. The van der Waals surface area contributed by atoms with E-state index >= 15 is 0 Å². The van der Waals surface area contributed by atoms with E-state index in [1.807, 2.05) is 12.1 Å². The maximum absolute atomic E-state index is 10.5. The number of hydrogen-bond donors (Lipinski definition) is 0. The Bertz CT molecular complexity index is 535. The predicted molar refractivity (Wildman–Crippen MR) is 64.6 cm³/mol. The average Bonchev–Trinajstić information content (AvgIpc) is 2.38. The topological polar surface area (TPSA) is 68.4 Å². The largest absolute Gasteiger partial charge is 0.269 e. The number of nitro benzene ring substituents is 1. The lowest BCUT2D eigenvalue weighted by Gasteiger charge is -1.94. The highest BCUT2D eigenvalue weighted by atomic mass is 16.6. The first-order chi connectivity index (χ1) is 8.25. The van der Waals surface area contributed by atoms with Crippen molar-refractivity contribution in [1.29, 1.82) is 0 Å². The summed E-state index contributed by atoms with van der Waals surface area (Å²) in [5, 5.41) is 10.5. The van der Waals surface area contributed by atoms with Gasteiger partial charge in [0, 0.05) is 30.7 Å². The summed E-state index contributed by atoms with van der Waals surface area (Å²) in [6.07, 6.45) is 5.04. The van der Waals surface area contributed by atoms with Gasteiger partial charge in [-0.2, -0.15) is 0 Å². The van der Waals surface area contributed by atoms with Gasteiger partial charge in [0.25, 0.3) is 5.69 Å². The van der Waals surface area contributed by atoms with Crippen LogP contribution in [0.3, 0.4) is 0 Å². The Hall–Kier alpha value is -2.56. The Morgan fingerprint density at radius 1 is 1.12 bits per heavy atom. The molecule has 0 aliphatic heterocycles. The third-order valence-corrected chi connectivity index (χ3v) is 2.13. The van der Waals surface area contributed by atoms with Gasteiger partial charge < -0.3 is 0 Å². The van der Waals surface area contributed by atoms with Crippen molar-refractivity contribution in [2.75, 3.05) is 0 Å². The Balaban J connectivity index is 2.14. The van der Waals surface area contributed by atoms with E-state index in [1.165, 1.54) is 12.1 Å². The summed E-state index contributed by atoms with van der Waals surface area (Å²) < 4.78 is 0. The summed E-state index contributed by atoms with van der Waals surface area (Å²) in [5.41, 5.74) is 1.67. The SMILES string of the molecule is O=[N+]([O-])c1ccc(N=Cc2ccncc2)cc1. The molecule has 2 rings (SSSR count). The van der Waals surface area contributed by atoms with Gasteiger partial charge in [0.2, 0.25) is 0 Å². The molecular weight excluding hydrogens is 218 g/mol. The monoisotopic (exact) mass is 227 g/mol. The molecule has 0 fully saturated rings. The molecule has 0 bridgehead atoms. The molecule has 0 saturated carbocycles. The number of pyridine rings is 1. The third-order valence-electron chi connectivity index (χ3n) is 2.13. The van der Waals surface area contributed by atoms with Crippen LogP contribution in [0.2, 0.25) is 0 Å². The molecule has 5 heteroatoms. The van der Waals surface area contributed by atoms with Crippen LogP contribution in [0.15, 0.2) is 53.8 Å². The Labute approximate surface area is 97.6 Å². The molecule has 0 radical (unpaired) electrons. The van der Waals surface area contributed by atoms with E-state index < -0.39 is 4.92 Å². The average molecular weight is 227 g/mol. The van der Waals surface area contributed by atoms with Crippen LogP contribution in [0.25, 0.3) is 0 Å². The summed E-state index contributed by atoms with van der Waals surface area (Å²) >= 11 is 0. The number of aromatic nitrogens is 1. The van der Waals surface area contributed by atoms with Gasteiger partial charge in [-0.1, -0.05) is 0 Å². The smallest absolute Gasteiger partial charge is 0.265 e. The van der Waals surface area contributed by atoms with Crippen molar-refractivity contribution in [3.8, 4) is 0 Å². The molecular formula is C12H9N3O2. The van der Waals surface area contributed by atoms with Gasteiger partial charge >= 0.3 is 0 Å². The summed E-state index contributed by atoms with van der Waals surface area (Å²) in [4.78, 5) is 18.1. The van der Waals surface area contributed by atoms with Gasteiger partial charge in [-0.05, 0) is 29.8 Å². The lowest BCUT2D eigenvalue weighted by Crippen LogP contribution is -1.85. The molecule has 1 aromatic carbocycles. The molecule has 17 heavy (non-hydrogen) atoms. The van der Waals surface area contributed by atoms with Crippen molar-refractivity contribution in [2.45, 2.75) is 0 Å². The van der Waals surface area contributed by atoms with E-state index in [0.717, 1.165) is 5.56 Å². The summed E-state index contributed by atoms with van der Waals surface area (Å²) in [5.74, 6) is 0. The maximum atomic E-state index is 10.5. The quantitative estimate of drug-likeness (QED) is 0.460. The first-order valence-corrected chi connectivity index (χ1v) is 4.94. The van der Waals surface area contributed by atoms with Crippen LogP contribution in [0.1, 0.15) is 5.56 Å². The number of benzene rings is 1. The fourth-order valence-corrected chi connectivity index (χ4v) is 1.26. The Kier molecular flexibility index (Phi) is 3.20. The zero-order chi connectivity index (χ0) is 12.1. The molecule has 0 N–H and O–H groups in total. The van der Waals surface area contributed by atoms with Crippen molar-refractivity contribution in [1.82, 2.24) is 4.98 Å². The second-order valence-electron chi connectivity index (χ2n) is 3.31. The second kappa shape index (κ2) is 4.98. The highest BCUT2D eigenvalue weighted by Crippen LogP contribution is 2.17. The lowest BCUT2D eigenvalue weighted by atomic mass is 10.3. The van der Waals surface area contributed by atoms with E-state index in [4.69, 9.17) is 0 Å². The summed E-state index contributed by atoms with van der Waals surface area (Å²) in [7, 11) is 0. The zero-order valence-corrected chi connectivity index (χ0v) is 8.85. The number of aliphatic imine (C=N–C) groups is 1. The molecule has 0 saturated heterocycles. The molecule has 2 aromatic rings. The molecule has 0 unspecified atom stereocenters. The van der Waals surface area contributed by atoms with Crippen LogP contribution < -0.4 is 0 Å². The van der Waals surface area contributed by atoms with Gasteiger partial charge in [-0.3, -0.25) is 20.1 Å². The number of nitrogens with zero attached hydrogens (tertiary/aromatic N) is 3. The van der Waals surface area contributed by atoms with E-state index in [2.05, 4.69) is 9.98 Å². The number of nitro groups is 1.